The molecule has 2 aliphatic heterocycles. The molecule has 0 aromatic rings. The van der Waals surface area contributed by atoms with Crippen LogP contribution in [0, 0.1) is 0 Å². The molecule has 0 radical (unpaired) electrons. The summed E-state index contributed by atoms with van der Waals surface area (Å²) in [5, 5.41) is 0. The van der Waals surface area contributed by atoms with Crippen LogP contribution in [0.25, 0.3) is 0 Å². The number of Topliss-reactive ketones (excluding diaryl/α,β-unsaturated/α-hetero) is 1. The van der Waals surface area contributed by atoms with E-state index in [-0.39, 0.29) is 5.78 Å². The van der Waals surface area contributed by atoms with E-state index in [2.05, 4.69) is 0 Å². The fourth-order valence-electron chi connectivity index (χ4n) is 2.86. The minimum atomic E-state index is -0.764. The Bertz CT molecular complexity index is 282. The summed E-state index contributed by atoms with van der Waals surface area (Å²) >= 11 is 0. The maximum Gasteiger partial charge on any atom is 0.205 e. The van der Waals surface area contributed by atoms with Gasteiger partial charge < -0.3 is 14.2 Å². The SMILES string of the molecule is O=C1CCC12OCCCCC21OCCO1. The van der Waals surface area contributed by atoms with E-state index in [1.807, 2.05) is 0 Å². The maximum absolute atomic E-state index is 11.8. The van der Waals surface area contributed by atoms with E-state index >= 15 is 0 Å². The first-order chi connectivity index (χ1) is 7.29. The number of fused-ring (bicyclic) bond motifs is 1. The molecule has 1 aliphatic carbocycles. The summed E-state index contributed by atoms with van der Waals surface area (Å²) in [4.78, 5) is 11.8. The average Bonchev–Trinajstić information content (AvgIpc) is 2.60. The van der Waals surface area contributed by atoms with Crippen molar-refractivity contribution in [3.63, 3.8) is 0 Å². The standard InChI is InChI=1S/C11H16O4/c12-9-3-5-10(9)11(14-7-8-15-11)4-1-2-6-13-10/h1-8H2. The van der Waals surface area contributed by atoms with Crippen LogP contribution in [-0.2, 0) is 19.0 Å². The van der Waals surface area contributed by atoms with Crippen molar-refractivity contribution in [2.45, 2.75) is 43.5 Å². The number of carbonyl (C=O) groups excluding carboxylic acids is 1. The van der Waals surface area contributed by atoms with Crippen molar-refractivity contribution >= 4 is 5.78 Å². The van der Waals surface area contributed by atoms with Gasteiger partial charge in [0.1, 0.15) is 0 Å². The lowest BCUT2D eigenvalue weighted by molar-refractivity contribution is -0.284. The molecular weight excluding hydrogens is 196 g/mol. The molecule has 3 aliphatic rings. The van der Waals surface area contributed by atoms with E-state index in [1.165, 1.54) is 0 Å². The topological polar surface area (TPSA) is 44.8 Å². The minimum absolute atomic E-state index is 0.159. The average molecular weight is 212 g/mol. The number of ketones is 1. The third-order valence-corrected chi connectivity index (χ3v) is 3.77. The maximum atomic E-state index is 11.8. The number of ether oxygens (including phenoxy) is 3. The molecule has 1 saturated carbocycles. The molecular formula is C11H16O4. The molecule has 2 spiro atoms. The van der Waals surface area contributed by atoms with E-state index in [0.717, 1.165) is 25.7 Å². The summed E-state index contributed by atoms with van der Waals surface area (Å²) in [6, 6.07) is 0. The normalized spacial score (nSPS) is 39.3. The van der Waals surface area contributed by atoms with Crippen LogP contribution in [0.3, 0.4) is 0 Å². The Morgan fingerprint density at radius 2 is 1.73 bits per heavy atom. The first-order valence-corrected chi connectivity index (χ1v) is 5.74. The molecule has 4 nitrogen and oxygen atoms in total. The molecule has 0 aromatic heterocycles. The van der Waals surface area contributed by atoms with Gasteiger partial charge in [0.05, 0.1) is 13.2 Å². The van der Waals surface area contributed by atoms with Crippen LogP contribution < -0.4 is 0 Å². The third-order valence-electron chi connectivity index (χ3n) is 3.77. The molecule has 4 heteroatoms. The molecule has 2 heterocycles. The molecule has 0 amide bonds. The molecule has 15 heavy (non-hydrogen) atoms. The highest BCUT2D eigenvalue weighted by Gasteiger charge is 2.65. The molecule has 1 unspecified atom stereocenters. The molecule has 3 fully saturated rings. The molecule has 3 rings (SSSR count). The van der Waals surface area contributed by atoms with Gasteiger partial charge in [-0.3, -0.25) is 4.79 Å². The van der Waals surface area contributed by atoms with Crippen molar-refractivity contribution in [2.24, 2.45) is 0 Å². The summed E-state index contributed by atoms with van der Waals surface area (Å²) in [5.74, 6) is -0.593. The highest BCUT2D eigenvalue weighted by Crippen LogP contribution is 2.49. The lowest BCUT2D eigenvalue weighted by atomic mass is 9.71. The Hall–Kier alpha value is -0.450. The van der Waals surface area contributed by atoms with Crippen molar-refractivity contribution in [3.8, 4) is 0 Å². The van der Waals surface area contributed by atoms with Crippen LogP contribution in [-0.4, -0.2) is 37.0 Å². The monoisotopic (exact) mass is 212 g/mol. The molecule has 0 N–H and O–H groups in total. The van der Waals surface area contributed by atoms with Crippen molar-refractivity contribution in [1.82, 2.24) is 0 Å². The first-order valence-electron chi connectivity index (χ1n) is 5.74. The van der Waals surface area contributed by atoms with Gasteiger partial charge in [-0.1, -0.05) is 0 Å². The van der Waals surface area contributed by atoms with Crippen LogP contribution in [0.5, 0.6) is 0 Å². The molecule has 0 aromatic carbocycles. The van der Waals surface area contributed by atoms with Crippen LogP contribution >= 0.6 is 0 Å². The molecule has 84 valence electrons. The van der Waals surface area contributed by atoms with E-state index in [0.29, 0.717) is 26.2 Å². The fraction of sp³-hybridized carbons (Fsp3) is 0.909. The van der Waals surface area contributed by atoms with Gasteiger partial charge in [0.25, 0.3) is 0 Å². The third kappa shape index (κ3) is 1.16. The van der Waals surface area contributed by atoms with Gasteiger partial charge in [0, 0.05) is 19.4 Å². The number of carbonyl (C=O) groups is 1. The Balaban J connectivity index is 1.96. The number of rotatable bonds is 0. The summed E-state index contributed by atoms with van der Waals surface area (Å²) in [6.45, 7) is 1.82. The zero-order chi connectivity index (χ0) is 10.4. The molecule has 2 saturated heterocycles. The van der Waals surface area contributed by atoms with Crippen LogP contribution in [0.2, 0.25) is 0 Å². The van der Waals surface area contributed by atoms with Crippen molar-refractivity contribution in [1.29, 1.82) is 0 Å². The second-order valence-electron chi connectivity index (χ2n) is 4.51. The highest BCUT2D eigenvalue weighted by molar-refractivity contribution is 5.94. The quantitative estimate of drug-likeness (QED) is 0.601. The zero-order valence-electron chi connectivity index (χ0n) is 8.79. The van der Waals surface area contributed by atoms with E-state index in [4.69, 9.17) is 14.2 Å². The molecule has 1 atom stereocenters. The van der Waals surface area contributed by atoms with Gasteiger partial charge in [-0.25, -0.2) is 0 Å². The Morgan fingerprint density at radius 1 is 0.933 bits per heavy atom. The van der Waals surface area contributed by atoms with Gasteiger partial charge >= 0.3 is 0 Å². The predicted octanol–water partition coefficient (Wildman–Crippen LogP) is 1.03. The summed E-state index contributed by atoms with van der Waals surface area (Å²) < 4.78 is 17.2. The zero-order valence-corrected chi connectivity index (χ0v) is 8.79. The van der Waals surface area contributed by atoms with Crippen molar-refractivity contribution in [3.05, 3.63) is 0 Å². The van der Waals surface area contributed by atoms with Gasteiger partial charge in [-0.05, 0) is 19.3 Å². The first kappa shape index (κ1) is 9.75. The fourth-order valence-corrected chi connectivity index (χ4v) is 2.86. The van der Waals surface area contributed by atoms with Gasteiger partial charge in [0.2, 0.25) is 5.79 Å². The van der Waals surface area contributed by atoms with Crippen LogP contribution in [0.15, 0.2) is 0 Å². The Kier molecular flexibility index (Phi) is 2.13. The van der Waals surface area contributed by atoms with Gasteiger partial charge in [-0.2, -0.15) is 0 Å². The van der Waals surface area contributed by atoms with E-state index in [1.54, 1.807) is 0 Å². The number of hydrogen-bond acceptors (Lipinski definition) is 4. The second kappa shape index (κ2) is 3.27. The lowest BCUT2D eigenvalue weighted by Crippen LogP contribution is -2.66. The summed E-state index contributed by atoms with van der Waals surface area (Å²) in [7, 11) is 0. The van der Waals surface area contributed by atoms with Crippen LogP contribution in [0.1, 0.15) is 32.1 Å². The Labute approximate surface area is 88.9 Å². The smallest absolute Gasteiger partial charge is 0.205 e. The largest absolute Gasteiger partial charge is 0.361 e. The van der Waals surface area contributed by atoms with E-state index in [9.17, 15) is 4.79 Å². The summed E-state index contributed by atoms with van der Waals surface area (Å²) in [6.07, 6.45) is 4.15. The summed E-state index contributed by atoms with van der Waals surface area (Å²) in [5.41, 5.74) is -0.764. The lowest BCUT2D eigenvalue weighted by Gasteiger charge is -2.49. The highest BCUT2D eigenvalue weighted by atomic mass is 16.8. The van der Waals surface area contributed by atoms with Gasteiger partial charge in [0.15, 0.2) is 11.4 Å². The second-order valence-corrected chi connectivity index (χ2v) is 4.51. The van der Waals surface area contributed by atoms with Crippen LogP contribution in [0.4, 0.5) is 0 Å². The minimum Gasteiger partial charge on any atom is -0.361 e. The molecule has 0 bridgehead atoms. The Morgan fingerprint density at radius 3 is 2.33 bits per heavy atom. The van der Waals surface area contributed by atoms with Gasteiger partial charge in [-0.15, -0.1) is 0 Å². The van der Waals surface area contributed by atoms with E-state index < -0.39 is 11.4 Å². The van der Waals surface area contributed by atoms with Crippen molar-refractivity contribution < 1.29 is 19.0 Å². The number of hydrogen-bond donors (Lipinski definition) is 0. The predicted molar refractivity (Wildman–Crippen MR) is 51.4 cm³/mol. The van der Waals surface area contributed by atoms with Crippen molar-refractivity contribution in [2.75, 3.05) is 19.8 Å².